The molecule has 0 amide bonds. The summed E-state index contributed by atoms with van der Waals surface area (Å²) in [5.41, 5.74) is 3.65. The van der Waals surface area contributed by atoms with E-state index in [0.717, 1.165) is 61.2 Å². The molecule has 0 saturated heterocycles. The van der Waals surface area contributed by atoms with Crippen LogP contribution in [0.5, 0.6) is 23.0 Å². The second-order valence-corrected chi connectivity index (χ2v) is 8.83. The number of benzene rings is 2. The van der Waals surface area contributed by atoms with Crippen LogP contribution in [0.4, 0.5) is 0 Å². The van der Waals surface area contributed by atoms with Crippen LogP contribution < -0.4 is 24.3 Å². The molecule has 1 aliphatic rings. The van der Waals surface area contributed by atoms with Crippen molar-refractivity contribution in [3.63, 3.8) is 0 Å². The topological polar surface area (TPSA) is 52.2 Å². The molecule has 182 valence electrons. The predicted molar refractivity (Wildman–Crippen MR) is 133 cm³/mol. The minimum Gasteiger partial charge on any atom is -0.493 e. The van der Waals surface area contributed by atoms with Gasteiger partial charge in [0.25, 0.3) is 0 Å². The van der Waals surface area contributed by atoms with Crippen LogP contribution in [0.25, 0.3) is 0 Å². The zero-order valence-corrected chi connectivity index (χ0v) is 21.1. The highest BCUT2D eigenvalue weighted by molar-refractivity contribution is 5.53. The van der Waals surface area contributed by atoms with Gasteiger partial charge in [0, 0.05) is 13.1 Å². The SMILES string of the molecule is CCN(CC)CCOc1cc2c(cc1OC)CCNC2c1ccc(OCC(C)C)c(OC)c1. The number of nitrogens with zero attached hydrogens (tertiary/aromatic N) is 1. The van der Waals surface area contributed by atoms with Crippen LogP contribution in [0.15, 0.2) is 30.3 Å². The highest BCUT2D eigenvalue weighted by Crippen LogP contribution is 2.39. The lowest BCUT2D eigenvalue weighted by molar-refractivity contribution is 0.217. The standard InChI is InChI=1S/C27H40N2O4/c1-7-29(8-2)13-14-32-26-17-22-20(15-25(26)31-6)11-12-28-27(22)21-9-10-23(24(16-21)30-5)33-18-19(3)4/h9-10,15-17,19,27-28H,7-8,11-14,18H2,1-6H3. The summed E-state index contributed by atoms with van der Waals surface area (Å²) >= 11 is 0. The van der Waals surface area contributed by atoms with Gasteiger partial charge in [-0.15, -0.1) is 0 Å². The number of ether oxygens (including phenoxy) is 4. The van der Waals surface area contributed by atoms with E-state index in [1.165, 1.54) is 11.1 Å². The van der Waals surface area contributed by atoms with Crippen molar-refractivity contribution in [2.75, 3.05) is 53.6 Å². The lowest BCUT2D eigenvalue weighted by Crippen LogP contribution is -2.31. The highest BCUT2D eigenvalue weighted by atomic mass is 16.5. The normalized spacial score (nSPS) is 15.5. The number of likely N-dealkylation sites (N-methyl/N-ethyl adjacent to an activating group) is 1. The molecule has 6 heteroatoms. The fourth-order valence-corrected chi connectivity index (χ4v) is 4.20. The fraction of sp³-hybridized carbons (Fsp3) is 0.556. The van der Waals surface area contributed by atoms with Gasteiger partial charge in [-0.3, -0.25) is 0 Å². The van der Waals surface area contributed by atoms with Crippen molar-refractivity contribution in [2.45, 2.75) is 40.2 Å². The second-order valence-electron chi connectivity index (χ2n) is 8.83. The van der Waals surface area contributed by atoms with Gasteiger partial charge in [0.15, 0.2) is 23.0 Å². The Morgan fingerprint density at radius 1 is 0.939 bits per heavy atom. The van der Waals surface area contributed by atoms with Crippen LogP contribution in [0.2, 0.25) is 0 Å². The molecule has 2 aromatic carbocycles. The van der Waals surface area contributed by atoms with E-state index in [2.05, 4.69) is 62.2 Å². The quantitative estimate of drug-likeness (QED) is 0.500. The molecule has 1 heterocycles. The Bertz CT molecular complexity index is 896. The van der Waals surface area contributed by atoms with E-state index in [4.69, 9.17) is 18.9 Å². The monoisotopic (exact) mass is 456 g/mol. The molecule has 0 fully saturated rings. The Morgan fingerprint density at radius 2 is 1.67 bits per heavy atom. The summed E-state index contributed by atoms with van der Waals surface area (Å²) in [6, 6.07) is 10.5. The van der Waals surface area contributed by atoms with Crippen LogP contribution in [-0.4, -0.2) is 58.5 Å². The van der Waals surface area contributed by atoms with Crippen LogP contribution in [0, 0.1) is 5.92 Å². The van der Waals surface area contributed by atoms with Gasteiger partial charge in [-0.2, -0.15) is 0 Å². The molecule has 0 aliphatic carbocycles. The van der Waals surface area contributed by atoms with E-state index in [1.54, 1.807) is 14.2 Å². The number of rotatable bonds is 12. The van der Waals surface area contributed by atoms with Crippen LogP contribution in [0.3, 0.4) is 0 Å². The van der Waals surface area contributed by atoms with Crippen LogP contribution in [-0.2, 0) is 6.42 Å². The maximum Gasteiger partial charge on any atom is 0.161 e. The largest absolute Gasteiger partial charge is 0.493 e. The average molecular weight is 457 g/mol. The van der Waals surface area contributed by atoms with Crippen molar-refractivity contribution in [1.29, 1.82) is 0 Å². The minimum absolute atomic E-state index is 0.0536. The van der Waals surface area contributed by atoms with Gasteiger partial charge >= 0.3 is 0 Å². The number of fused-ring (bicyclic) bond motifs is 1. The van der Waals surface area contributed by atoms with Gasteiger partial charge < -0.3 is 29.2 Å². The molecule has 6 nitrogen and oxygen atoms in total. The second kappa shape index (κ2) is 12.1. The third-order valence-corrected chi connectivity index (χ3v) is 6.13. The predicted octanol–water partition coefficient (Wildman–Crippen LogP) is 4.69. The van der Waals surface area contributed by atoms with E-state index < -0.39 is 0 Å². The van der Waals surface area contributed by atoms with Gasteiger partial charge in [0.05, 0.1) is 26.9 Å². The molecule has 3 rings (SSSR count). The molecule has 33 heavy (non-hydrogen) atoms. The Morgan fingerprint density at radius 3 is 2.33 bits per heavy atom. The first-order valence-electron chi connectivity index (χ1n) is 12.1. The number of hydrogen-bond donors (Lipinski definition) is 1. The zero-order chi connectivity index (χ0) is 23.8. The highest BCUT2D eigenvalue weighted by Gasteiger charge is 2.25. The Kier molecular flexibility index (Phi) is 9.27. The van der Waals surface area contributed by atoms with Gasteiger partial charge in [0.1, 0.15) is 6.61 Å². The summed E-state index contributed by atoms with van der Waals surface area (Å²) in [6.07, 6.45) is 0.953. The Labute approximate surface area is 199 Å². The lowest BCUT2D eigenvalue weighted by atomic mass is 9.89. The fourth-order valence-electron chi connectivity index (χ4n) is 4.20. The molecule has 2 aromatic rings. The van der Waals surface area contributed by atoms with Crippen molar-refractivity contribution in [2.24, 2.45) is 5.92 Å². The van der Waals surface area contributed by atoms with Gasteiger partial charge in [-0.25, -0.2) is 0 Å². The maximum atomic E-state index is 6.19. The van der Waals surface area contributed by atoms with Crippen LogP contribution >= 0.6 is 0 Å². The maximum absolute atomic E-state index is 6.19. The molecule has 1 N–H and O–H groups in total. The molecule has 0 spiro atoms. The summed E-state index contributed by atoms with van der Waals surface area (Å²) in [7, 11) is 3.40. The smallest absolute Gasteiger partial charge is 0.161 e. The zero-order valence-electron chi connectivity index (χ0n) is 21.1. The van der Waals surface area contributed by atoms with Gasteiger partial charge in [-0.05, 0) is 66.4 Å². The van der Waals surface area contributed by atoms with Crippen molar-refractivity contribution < 1.29 is 18.9 Å². The Balaban J connectivity index is 1.87. The first-order valence-corrected chi connectivity index (χ1v) is 12.1. The molecular formula is C27H40N2O4. The summed E-state index contributed by atoms with van der Waals surface area (Å²) in [4.78, 5) is 2.35. The lowest BCUT2D eigenvalue weighted by Gasteiger charge is -2.29. The molecule has 1 aliphatic heterocycles. The Hall–Kier alpha value is -2.44. The average Bonchev–Trinajstić information content (AvgIpc) is 2.84. The first kappa shape index (κ1) is 25.2. The van der Waals surface area contributed by atoms with Crippen LogP contribution in [0.1, 0.15) is 50.4 Å². The molecule has 1 atom stereocenters. The van der Waals surface area contributed by atoms with Gasteiger partial charge in [0.2, 0.25) is 0 Å². The summed E-state index contributed by atoms with van der Waals surface area (Å²) < 4.78 is 23.5. The number of methoxy groups -OCH3 is 2. The summed E-state index contributed by atoms with van der Waals surface area (Å²) in [5, 5.41) is 3.67. The summed E-state index contributed by atoms with van der Waals surface area (Å²) in [6.45, 7) is 13.7. The third-order valence-electron chi connectivity index (χ3n) is 6.13. The summed E-state index contributed by atoms with van der Waals surface area (Å²) in [5.74, 6) is 3.58. The van der Waals surface area contributed by atoms with E-state index in [9.17, 15) is 0 Å². The third kappa shape index (κ3) is 6.33. The molecule has 0 saturated carbocycles. The molecule has 0 bridgehead atoms. The molecule has 0 radical (unpaired) electrons. The van der Waals surface area contributed by atoms with Crippen molar-refractivity contribution in [3.8, 4) is 23.0 Å². The van der Waals surface area contributed by atoms with Gasteiger partial charge in [-0.1, -0.05) is 33.8 Å². The van der Waals surface area contributed by atoms with Crippen molar-refractivity contribution in [3.05, 3.63) is 47.0 Å². The molecule has 0 aromatic heterocycles. The molecule has 1 unspecified atom stereocenters. The van der Waals surface area contributed by atoms with E-state index in [0.29, 0.717) is 19.1 Å². The minimum atomic E-state index is 0.0536. The van der Waals surface area contributed by atoms with Crippen molar-refractivity contribution >= 4 is 0 Å². The number of hydrogen-bond acceptors (Lipinski definition) is 6. The van der Waals surface area contributed by atoms with E-state index in [1.807, 2.05) is 6.07 Å². The van der Waals surface area contributed by atoms with E-state index >= 15 is 0 Å². The molecular weight excluding hydrogens is 416 g/mol. The first-order chi connectivity index (χ1) is 16.0. The number of nitrogens with one attached hydrogen (secondary N) is 1. The van der Waals surface area contributed by atoms with E-state index in [-0.39, 0.29) is 6.04 Å². The van der Waals surface area contributed by atoms with Crippen molar-refractivity contribution in [1.82, 2.24) is 10.2 Å².